The maximum Gasteiger partial charge on any atom is 0.316 e. The number of amides is 3. The third kappa shape index (κ3) is 8.28. The molecule has 3 aliphatic rings. The highest BCUT2D eigenvalue weighted by atomic mass is 32.2. The topological polar surface area (TPSA) is 150 Å². The van der Waals surface area contributed by atoms with E-state index in [1.165, 1.54) is 6.42 Å². The van der Waals surface area contributed by atoms with E-state index >= 15 is 0 Å². The van der Waals surface area contributed by atoms with E-state index in [1.807, 2.05) is 36.0 Å². The number of carbonyl (C=O) groups excluding carboxylic acids is 2. The number of urea groups is 1. The summed E-state index contributed by atoms with van der Waals surface area (Å²) in [6, 6.07) is 7.98. The number of fused-ring (bicyclic) bond motifs is 1. The van der Waals surface area contributed by atoms with Crippen LogP contribution in [0.25, 0.3) is 0 Å². The first-order valence-corrected chi connectivity index (χ1v) is 14.7. The summed E-state index contributed by atoms with van der Waals surface area (Å²) in [5.41, 5.74) is 14.1. The number of nitrogens with zero attached hydrogens (tertiary/aromatic N) is 3. The van der Waals surface area contributed by atoms with Crippen molar-refractivity contribution in [3.63, 3.8) is 0 Å². The lowest BCUT2D eigenvalue weighted by Crippen LogP contribution is -2.46. The third-order valence-corrected chi connectivity index (χ3v) is 8.88. The highest BCUT2D eigenvalue weighted by molar-refractivity contribution is 8.00. The van der Waals surface area contributed by atoms with Gasteiger partial charge in [-0.15, -0.1) is 11.8 Å². The molecule has 3 heterocycles. The number of likely N-dealkylation sites (tertiary alicyclic amines) is 1. The summed E-state index contributed by atoms with van der Waals surface area (Å²) in [5.74, 6) is 1.82. The Bertz CT molecular complexity index is 1000. The number of nitrogens with one attached hydrogen (secondary N) is 3. The Morgan fingerprint density at radius 1 is 1.11 bits per heavy atom. The van der Waals surface area contributed by atoms with Crippen molar-refractivity contribution in [1.29, 1.82) is 0 Å². The molecule has 0 saturated carbocycles. The third-order valence-electron chi connectivity index (χ3n) is 7.33. The zero-order valence-electron chi connectivity index (χ0n) is 22.5. The first-order chi connectivity index (χ1) is 18.2. The van der Waals surface area contributed by atoms with Crippen LogP contribution in [0.4, 0.5) is 10.5 Å². The molecule has 10 nitrogen and oxygen atoms in total. The van der Waals surface area contributed by atoms with E-state index < -0.39 is 0 Å². The highest BCUT2D eigenvalue weighted by Gasteiger charge is 2.40. The van der Waals surface area contributed by atoms with Crippen molar-refractivity contribution < 1.29 is 9.59 Å². The summed E-state index contributed by atoms with van der Waals surface area (Å²) in [6.07, 6.45) is 6.50. The van der Waals surface area contributed by atoms with Crippen LogP contribution >= 0.6 is 11.8 Å². The van der Waals surface area contributed by atoms with Crippen LogP contribution in [0.15, 0.2) is 34.3 Å². The Kier molecular flexibility index (Phi) is 9.76. The fraction of sp³-hybridized carbons (Fsp3) is 0.630. The summed E-state index contributed by atoms with van der Waals surface area (Å²) in [4.78, 5) is 34.3. The molecule has 5 unspecified atom stereocenters. The molecule has 38 heavy (non-hydrogen) atoms. The average molecular weight is 543 g/mol. The molecular weight excluding hydrogens is 500 g/mol. The number of nitrogens with two attached hydrogens (primary N) is 2. The molecule has 3 aliphatic heterocycles. The van der Waals surface area contributed by atoms with Crippen LogP contribution in [-0.4, -0.2) is 65.1 Å². The number of aliphatic imine (C=N–C) groups is 2. The average Bonchev–Trinajstić information content (AvgIpc) is 3.39. The molecule has 3 saturated heterocycles. The Morgan fingerprint density at radius 2 is 1.84 bits per heavy atom. The Morgan fingerprint density at radius 3 is 2.55 bits per heavy atom. The van der Waals surface area contributed by atoms with Gasteiger partial charge in [-0.25, -0.2) is 9.79 Å². The van der Waals surface area contributed by atoms with E-state index in [4.69, 9.17) is 11.5 Å². The molecular formula is C27H42N8O2S. The van der Waals surface area contributed by atoms with Gasteiger partial charge in [0, 0.05) is 31.3 Å². The van der Waals surface area contributed by atoms with E-state index in [2.05, 4.69) is 44.7 Å². The molecule has 0 aromatic heterocycles. The summed E-state index contributed by atoms with van der Waals surface area (Å²) in [5, 5.41) is 9.69. The van der Waals surface area contributed by atoms with Crippen LogP contribution in [0, 0.1) is 11.8 Å². The lowest BCUT2D eigenvalue weighted by Gasteiger charge is -2.35. The predicted molar refractivity (Wildman–Crippen MR) is 154 cm³/mol. The molecule has 1 aromatic carbocycles. The number of thioether (sulfide) groups is 1. The van der Waals surface area contributed by atoms with Crippen LogP contribution in [0.2, 0.25) is 0 Å². The van der Waals surface area contributed by atoms with Gasteiger partial charge in [0.15, 0.2) is 5.96 Å². The first kappa shape index (κ1) is 28.1. The number of benzene rings is 1. The van der Waals surface area contributed by atoms with Crippen molar-refractivity contribution in [3.8, 4) is 0 Å². The molecule has 7 N–H and O–H groups in total. The number of unbranched alkanes of at least 4 members (excludes halogenated alkanes) is 1. The summed E-state index contributed by atoms with van der Waals surface area (Å²) >= 11 is 1.84. The van der Waals surface area contributed by atoms with Crippen LogP contribution < -0.4 is 27.4 Å². The minimum Gasteiger partial charge on any atom is -0.369 e. The van der Waals surface area contributed by atoms with Crippen molar-refractivity contribution in [2.45, 2.75) is 75.5 Å². The molecule has 1 aromatic rings. The lowest BCUT2D eigenvalue weighted by atomic mass is 9.92. The van der Waals surface area contributed by atoms with E-state index in [0.29, 0.717) is 36.0 Å². The number of carbonyl (C=O) groups is 2. The number of piperidine rings is 1. The predicted octanol–water partition coefficient (Wildman–Crippen LogP) is 2.66. The van der Waals surface area contributed by atoms with E-state index in [0.717, 1.165) is 56.4 Å². The molecule has 4 rings (SSSR count). The molecule has 11 heteroatoms. The Labute approximate surface area is 229 Å². The van der Waals surface area contributed by atoms with Crippen LogP contribution in [0.3, 0.4) is 0 Å². The van der Waals surface area contributed by atoms with Crippen molar-refractivity contribution in [2.75, 3.05) is 19.6 Å². The number of hydrogen-bond donors (Lipinski definition) is 5. The number of hydrogen-bond acceptors (Lipinski definition) is 4. The van der Waals surface area contributed by atoms with E-state index in [9.17, 15) is 9.59 Å². The van der Waals surface area contributed by atoms with Gasteiger partial charge in [-0.1, -0.05) is 32.4 Å². The molecule has 0 radical (unpaired) electrons. The largest absolute Gasteiger partial charge is 0.369 e. The molecule has 208 valence electrons. The second-order valence-corrected chi connectivity index (χ2v) is 12.4. The normalized spacial score (nSPS) is 27.6. The second kappa shape index (κ2) is 13.2. The van der Waals surface area contributed by atoms with Gasteiger partial charge in [0.2, 0.25) is 11.9 Å². The van der Waals surface area contributed by atoms with Gasteiger partial charge in [0.25, 0.3) is 0 Å². The zero-order valence-corrected chi connectivity index (χ0v) is 23.3. The number of guanidine groups is 2. The molecule has 5 atom stereocenters. The van der Waals surface area contributed by atoms with Gasteiger partial charge in [-0.2, -0.15) is 4.99 Å². The Hall–Kier alpha value is -2.95. The molecule has 0 spiro atoms. The SMILES string of the molecule is CC1CC(C)CN(C(N)=NC(N)=Nc2ccc(CCNC(=O)CCCCC3CC4NC(=O)NC4S3)cc2)C1. The van der Waals surface area contributed by atoms with Gasteiger partial charge in [0.05, 0.1) is 17.1 Å². The summed E-state index contributed by atoms with van der Waals surface area (Å²) < 4.78 is 0. The summed E-state index contributed by atoms with van der Waals surface area (Å²) in [7, 11) is 0. The maximum absolute atomic E-state index is 12.2. The van der Waals surface area contributed by atoms with Gasteiger partial charge in [0.1, 0.15) is 0 Å². The molecule has 0 bridgehead atoms. The van der Waals surface area contributed by atoms with Crippen LogP contribution in [0.1, 0.15) is 57.9 Å². The molecule has 0 aliphatic carbocycles. The van der Waals surface area contributed by atoms with Crippen LogP contribution in [-0.2, 0) is 11.2 Å². The minimum absolute atomic E-state index is 0.0554. The molecule has 3 fully saturated rings. The summed E-state index contributed by atoms with van der Waals surface area (Å²) in [6.45, 7) is 6.83. The van der Waals surface area contributed by atoms with Gasteiger partial charge in [-0.05, 0) is 61.6 Å². The first-order valence-electron chi connectivity index (χ1n) is 13.8. The van der Waals surface area contributed by atoms with Crippen molar-refractivity contribution in [1.82, 2.24) is 20.9 Å². The van der Waals surface area contributed by atoms with Gasteiger partial charge in [-0.3, -0.25) is 4.79 Å². The second-order valence-electron chi connectivity index (χ2n) is 10.9. The van der Waals surface area contributed by atoms with E-state index in [-0.39, 0.29) is 29.3 Å². The Balaban J connectivity index is 1.11. The van der Waals surface area contributed by atoms with Gasteiger partial charge < -0.3 is 32.3 Å². The minimum atomic E-state index is -0.0554. The van der Waals surface area contributed by atoms with Gasteiger partial charge >= 0.3 is 6.03 Å². The molecule has 3 amide bonds. The zero-order chi connectivity index (χ0) is 27.1. The van der Waals surface area contributed by atoms with Crippen molar-refractivity contribution in [3.05, 3.63) is 29.8 Å². The van der Waals surface area contributed by atoms with Crippen LogP contribution in [0.5, 0.6) is 0 Å². The fourth-order valence-electron chi connectivity index (χ4n) is 5.58. The maximum atomic E-state index is 12.2. The lowest BCUT2D eigenvalue weighted by molar-refractivity contribution is -0.121. The highest BCUT2D eigenvalue weighted by Crippen LogP contribution is 2.37. The number of rotatable bonds is 9. The van der Waals surface area contributed by atoms with Crippen molar-refractivity contribution >= 4 is 41.3 Å². The fourth-order valence-corrected chi connectivity index (χ4v) is 7.16. The van der Waals surface area contributed by atoms with Crippen molar-refractivity contribution in [2.24, 2.45) is 33.3 Å². The smallest absolute Gasteiger partial charge is 0.316 e. The quantitative estimate of drug-likeness (QED) is 0.184. The standard InChI is InChI=1S/C27H42N8O2S/c1-17-13-18(2)16-35(15-17)26(29)34-25(28)31-20-9-7-19(8-10-20)11-12-30-23(36)6-4-3-5-21-14-22-24(38-21)33-27(37)32-22/h7-10,17-18,21-22,24H,3-6,11-16H2,1-2H3,(H,30,36)(H2,32,33,37)(H4,28,29,31,34). The van der Waals surface area contributed by atoms with E-state index in [1.54, 1.807) is 0 Å². The monoisotopic (exact) mass is 542 g/mol.